The summed E-state index contributed by atoms with van der Waals surface area (Å²) < 4.78 is 5.04. The van der Waals surface area contributed by atoms with E-state index in [1.54, 1.807) is 19.5 Å². The van der Waals surface area contributed by atoms with Crippen LogP contribution in [0.25, 0.3) is 0 Å². The molecule has 0 aromatic carbocycles. The van der Waals surface area contributed by atoms with E-state index in [0.717, 1.165) is 5.56 Å². The van der Waals surface area contributed by atoms with Gasteiger partial charge in [0.1, 0.15) is 0 Å². The maximum absolute atomic E-state index is 7.24. The van der Waals surface area contributed by atoms with Crippen LogP contribution in [0.15, 0.2) is 12.4 Å². The van der Waals surface area contributed by atoms with E-state index in [1.165, 1.54) is 0 Å². The van der Waals surface area contributed by atoms with Gasteiger partial charge in [0.2, 0.25) is 5.95 Å². The monoisotopic (exact) mass is 237 g/mol. The fourth-order valence-electron chi connectivity index (χ4n) is 1.32. The molecule has 0 amide bonds. The van der Waals surface area contributed by atoms with Gasteiger partial charge in [0.05, 0.1) is 12.4 Å². The van der Waals surface area contributed by atoms with Crippen LogP contribution in [0.1, 0.15) is 12.0 Å². The highest BCUT2D eigenvalue weighted by molar-refractivity contribution is 5.77. The predicted octanol–water partition coefficient (Wildman–Crippen LogP) is 0.564. The van der Waals surface area contributed by atoms with Crippen LogP contribution in [-0.4, -0.2) is 42.6 Å². The molecule has 0 aliphatic carbocycles. The molecule has 6 nitrogen and oxygen atoms in total. The smallest absolute Gasteiger partial charge is 0.225 e. The minimum absolute atomic E-state index is 0.166. The van der Waals surface area contributed by atoms with E-state index in [-0.39, 0.29) is 5.84 Å². The molecule has 0 bridgehead atoms. The number of hydrogen-bond donors (Lipinski definition) is 2. The highest BCUT2D eigenvalue weighted by atomic mass is 16.5. The number of nitrogens with two attached hydrogens (primary N) is 1. The van der Waals surface area contributed by atoms with Gasteiger partial charge in [-0.3, -0.25) is 5.41 Å². The number of rotatable bonds is 7. The summed E-state index contributed by atoms with van der Waals surface area (Å²) in [7, 11) is 1.65. The molecule has 0 aliphatic heterocycles. The molecule has 1 aromatic rings. The number of amidine groups is 1. The molecule has 1 aromatic heterocycles. The van der Waals surface area contributed by atoms with Crippen molar-refractivity contribution < 1.29 is 4.74 Å². The second kappa shape index (κ2) is 6.80. The molecule has 0 saturated heterocycles. The average Bonchev–Trinajstić information content (AvgIpc) is 2.30. The first kappa shape index (κ1) is 13.4. The van der Waals surface area contributed by atoms with Crippen molar-refractivity contribution in [3.05, 3.63) is 18.0 Å². The Hall–Kier alpha value is -1.69. The SMILES string of the molecule is COCCN(CCC(=N)N)c1ncc(C)cn1. The number of nitrogens with zero attached hydrogens (tertiary/aromatic N) is 3. The Morgan fingerprint density at radius 2 is 2.06 bits per heavy atom. The molecule has 0 unspecified atom stereocenters. The van der Waals surface area contributed by atoms with Gasteiger partial charge in [-0.1, -0.05) is 0 Å². The van der Waals surface area contributed by atoms with Crippen LogP contribution in [-0.2, 0) is 4.74 Å². The molecule has 0 atom stereocenters. The first-order chi connectivity index (χ1) is 8.13. The van der Waals surface area contributed by atoms with Crippen LogP contribution in [0.5, 0.6) is 0 Å². The first-order valence-corrected chi connectivity index (χ1v) is 5.49. The van der Waals surface area contributed by atoms with E-state index in [2.05, 4.69) is 9.97 Å². The third-order valence-electron chi connectivity index (χ3n) is 2.27. The number of hydrogen-bond acceptors (Lipinski definition) is 5. The quantitative estimate of drug-likeness (QED) is 0.534. The lowest BCUT2D eigenvalue weighted by atomic mass is 10.3. The molecule has 1 heterocycles. The van der Waals surface area contributed by atoms with E-state index >= 15 is 0 Å². The van der Waals surface area contributed by atoms with Crippen molar-refractivity contribution in [2.24, 2.45) is 5.73 Å². The van der Waals surface area contributed by atoms with Crippen molar-refractivity contribution in [1.82, 2.24) is 9.97 Å². The molecule has 6 heteroatoms. The zero-order valence-corrected chi connectivity index (χ0v) is 10.3. The normalized spacial score (nSPS) is 10.2. The number of aromatic nitrogens is 2. The van der Waals surface area contributed by atoms with Gasteiger partial charge >= 0.3 is 0 Å². The summed E-state index contributed by atoms with van der Waals surface area (Å²) in [4.78, 5) is 10.5. The van der Waals surface area contributed by atoms with Gasteiger partial charge in [-0.2, -0.15) is 0 Å². The van der Waals surface area contributed by atoms with Crippen LogP contribution in [0, 0.1) is 12.3 Å². The van der Waals surface area contributed by atoms with Crippen LogP contribution in [0.4, 0.5) is 5.95 Å². The number of nitrogens with one attached hydrogen (secondary N) is 1. The molecule has 0 saturated carbocycles. The molecule has 1 rings (SSSR count). The third kappa shape index (κ3) is 4.78. The number of anilines is 1. The second-order valence-electron chi connectivity index (χ2n) is 3.82. The van der Waals surface area contributed by atoms with Gasteiger partial charge < -0.3 is 15.4 Å². The molecular weight excluding hydrogens is 218 g/mol. The lowest BCUT2D eigenvalue weighted by Gasteiger charge is -2.21. The standard InChI is InChI=1S/C11H19N5O/c1-9-7-14-11(15-8-9)16(5-6-17-2)4-3-10(12)13/h7-8H,3-6H2,1-2H3,(H3,12,13). The summed E-state index contributed by atoms with van der Waals surface area (Å²) in [5.74, 6) is 0.813. The minimum Gasteiger partial charge on any atom is -0.388 e. The molecular formula is C11H19N5O. The van der Waals surface area contributed by atoms with Crippen molar-refractivity contribution in [3.63, 3.8) is 0 Å². The Balaban J connectivity index is 2.67. The zero-order valence-electron chi connectivity index (χ0n) is 10.3. The summed E-state index contributed by atoms with van der Waals surface area (Å²) >= 11 is 0. The van der Waals surface area contributed by atoms with Crippen LogP contribution >= 0.6 is 0 Å². The van der Waals surface area contributed by atoms with Gasteiger partial charge in [0.15, 0.2) is 0 Å². The minimum atomic E-state index is 0.166. The predicted molar refractivity (Wildman–Crippen MR) is 67.4 cm³/mol. The van der Waals surface area contributed by atoms with Gasteiger partial charge in [0, 0.05) is 39.0 Å². The number of methoxy groups -OCH3 is 1. The van der Waals surface area contributed by atoms with Crippen molar-refractivity contribution in [2.75, 3.05) is 31.7 Å². The first-order valence-electron chi connectivity index (χ1n) is 5.49. The van der Waals surface area contributed by atoms with Gasteiger partial charge in [-0.05, 0) is 12.5 Å². The topological polar surface area (TPSA) is 88.1 Å². The molecule has 3 N–H and O–H groups in total. The summed E-state index contributed by atoms with van der Waals surface area (Å²) in [5, 5.41) is 7.24. The zero-order chi connectivity index (χ0) is 12.7. The summed E-state index contributed by atoms with van der Waals surface area (Å²) in [6, 6.07) is 0. The molecule has 0 spiro atoms. The lowest BCUT2D eigenvalue weighted by Crippen LogP contribution is -2.32. The van der Waals surface area contributed by atoms with Gasteiger partial charge in [-0.15, -0.1) is 0 Å². The van der Waals surface area contributed by atoms with Crippen LogP contribution in [0.3, 0.4) is 0 Å². The lowest BCUT2D eigenvalue weighted by molar-refractivity contribution is 0.205. The van der Waals surface area contributed by atoms with Crippen molar-refractivity contribution >= 4 is 11.8 Å². The van der Waals surface area contributed by atoms with E-state index in [0.29, 0.717) is 32.1 Å². The Bertz CT molecular complexity index is 351. The number of aryl methyl sites for hydroxylation is 1. The Labute approximate surface area is 101 Å². The van der Waals surface area contributed by atoms with Crippen LogP contribution < -0.4 is 10.6 Å². The maximum Gasteiger partial charge on any atom is 0.225 e. The van der Waals surface area contributed by atoms with Crippen molar-refractivity contribution in [2.45, 2.75) is 13.3 Å². The van der Waals surface area contributed by atoms with Crippen LogP contribution in [0.2, 0.25) is 0 Å². The average molecular weight is 237 g/mol. The summed E-state index contributed by atoms with van der Waals surface area (Å²) in [6.07, 6.45) is 4.05. The largest absolute Gasteiger partial charge is 0.388 e. The Morgan fingerprint density at radius 3 is 2.59 bits per heavy atom. The van der Waals surface area contributed by atoms with Gasteiger partial charge in [-0.25, -0.2) is 9.97 Å². The third-order valence-corrected chi connectivity index (χ3v) is 2.27. The fourth-order valence-corrected chi connectivity index (χ4v) is 1.32. The highest BCUT2D eigenvalue weighted by Gasteiger charge is 2.09. The molecule has 17 heavy (non-hydrogen) atoms. The van der Waals surface area contributed by atoms with Crippen molar-refractivity contribution in [3.8, 4) is 0 Å². The Morgan fingerprint density at radius 1 is 1.41 bits per heavy atom. The van der Waals surface area contributed by atoms with E-state index < -0.39 is 0 Å². The number of ether oxygens (including phenoxy) is 1. The summed E-state index contributed by atoms with van der Waals surface area (Å²) in [6.45, 7) is 3.85. The van der Waals surface area contributed by atoms with E-state index in [1.807, 2.05) is 11.8 Å². The maximum atomic E-state index is 7.24. The molecule has 94 valence electrons. The molecule has 0 radical (unpaired) electrons. The highest BCUT2D eigenvalue weighted by Crippen LogP contribution is 2.07. The van der Waals surface area contributed by atoms with E-state index in [9.17, 15) is 0 Å². The fraction of sp³-hybridized carbons (Fsp3) is 0.545. The Kier molecular flexibility index (Phi) is 5.35. The molecule has 0 fully saturated rings. The van der Waals surface area contributed by atoms with Gasteiger partial charge in [0.25, 0.3) is 0 Å². The van der Waals surface area contributed by atoms with E-state index in [4.69, 9.17) is 15.9 Å². The second-order valence-corrected chi connectivity index (χ2v) is 3.82. The summed E-state index contributed by atoms with van der Waals surface area (Å²) in [5.41, 5.74) is 6.38. The van der Waals surface area contributed by atoms with Crippen molar-refractivity contribution in [1.29, 1.82) is 5.41 Å². The molecule has 0 aliphatic rings.